The summed E-state index contributed by atoms with van der Waals surface area (Å²) in [5.74, 6) is -0.106. The van der Waals surface area contributed by atoms with E-state index < -0.39 is 0 Å². The van der Waals surface area contributed by atoms with Gasteiger partial charge in [-0.2, -0.15) is 0 Å². The molecule has 5 nitrogen and oxygen atoms in total. The van der Waals surface area contributed by atoms with E-state index in [-0.39, 0.29) is 29.7 Å². The van der Waals surface area contributed by atoms with E-state index in [0.717, 1.165) is 19.5 Å². The van der Waals surface area contributed by atoms with Gasteiger partial charge in [-0.05, 0) is 29.9 Å². The molecule has 0 bridgehead atoms. The Morgan fingerprint density at radius 3 is 2.50 bits per heavy atom. The van der Waals surface area contributed by atoms with Gasteiger partial charge in [-0.3, -0.25) is 14.5 Å². The van der Waals surface area contributed by atoms with E-state index in [1.165, 1.54) is 11.1 Å². The van der Waals surface area contributed by atoms with Crippen molar-refractivity contribution in [1.82, 2.24) is 9.80 Å². The van der Waals surface area contributed by atoms with Crippen LogP contribution in [-0.4, -0.2) is 47.3 Å². The van der Waals surface area contributed by atoms with Crippen LogP contribution in [0.1, 0.15) is 31.4 Å². The van der Waals surface area contributed by atoms with Crippen LogP contribution in [0.5, 0.6) is 0 Å². The van der Waals surface area contributed by atoms with E-state index in [1.807, 2.05) is 4.90 Å². The first-order chi connectivity index (χ1) is 11.5. The summed E-state index contributed by atoms with van der Waals surface area (Å²) < 4.78 is 0. The van der Waals surface area contributed by atoms with Gasteiger partial charge in [0.2, 0.25) is 11.8 Å². The normalized spacial score (nSPS) is 22.5. The third-order valence-electron chi connectivity index (χ3n) is 5.34. The molecule has 0 saturated carbocycles. The maximum absolute atomic E-state index is 13.1. The van der Waals surface area contributed by atoms with Crippen LogP contribution < -0.4 is 5.73 Å². The van der Waals surface area contributed by atoms with Crippen LogP contribution in [0.15, 0.2) is 24.3 Å². The van der Waals surface area contributed by atoms with Crippen LogP contribution in [0.4, 0.5) is 0 Å². The van der Waals surface area contributed by atoms with Crippen LogP contribution in [0, 0.1) is 11.8 Å². The molecular weight excluding hydrogens is 302 g/mol. The van der Waals surface area contributed by atoms with E-state index in [9.17, 15) is 9.59 Å². The van der Waals surface area contributed by atoms with Gasteiger partial charge in [0.15, 0.2) is 0 Å². The number of amides is 2. The number of benzene rings is 1. The van der Waals surface area contributed by atoms with Crippen LogP contribution in [-0.2, 0) is 22.6 Å². The number of likely N-dealkylation sites (tertiary alicyclic amines) is 1. The molecule has 130 valence electrons. The number of fused-ring (bicyclic) bond motifs is 1. The van der Waals surface area contributed by atoms with Crippen molar-refractivity contribution in [2.24, 2.45) is 17.6 Å². The van der Waals surface area contributed by atoms with Crippen molar-refractivity contribution in [3.05, 3.63) is 35.4 Å². The first kappa shape index (κ1) is 17.0. The van der Waals surface area contributed by atoms with E-state index in [2.05, 4.69) is 43.0 Å². The molecule has 0 aromatic heterocycles. The lowest BCUT2D eigenvalue weighted by molar-refractivity contribution is -0.138. The third-order valence-corrected chi connectivity index (χ3v) is 5.34. The highest BCUT2D eigenvalue weighted by molar-refractivity contribution is 5.84. The van der Waals surface area contributed by atoms with Gasteiger partial charge in [-0.1, -0.05) is 38.1 Å². The first-order valence-corrected chi connectivity index (χ1v) is 8.86. The van der Waals surface area contributed by atoms with Crippen molar-refractivity contribution in [1.29, 1.82) is 0 Å². The molecule has 3 rings (SSSR count). The number of hydrogen-bond acceptors (Lipinski definition) is 3. The molecule has 2 N–H and O–H groups in total. The van der Waals surface area contributed by atoms with E-state index in [1.54, 1.807) is 0 Å². The molecule has 1 saturated heterocycles. The Morgan fingerprint density at radius 2 is 1.88 bits per heavy atom. The topological polar surface area (TPSA) is 66.6 Å². The molecule has 0 radical (unpaired) electrons. The lowest BCUT2D eigenvalue weighted by Gasteiger charge is -2.38. The zero-order valence-corrected chi connectivity index (χ0v) is 14.6. The average molecular weight is 329 g/mol. The Balaban J connectivity index is 1.74. The quantitative estimate of drug-likeness (QED) is 0.908. The highest BCUT2D eigenvalue weighted by Crippen LogP contribution is 2.26. The summed E-state index contributed by atoms with van der Waals surface area (Å²) in [5.41, 5.74) is 8.11. The van der Waals surface area contributed by atoms with Crippen molar-refractivity contribution in [2.45, 2.75) is 39.3 Å². The predicted molar refractivity (Wildman–Crippen MR) is 93.1 cm³/mol. The van der Waals surface area contributed by atoms with Gasteiger partial charge in [-0.15, -0.1) is 0 Å². The number of primary amides is 1. The van der Waals surface area contributed by atoms with Crippen LogP contribution in [0.2, 0.25) is 0 Å². The maximum Gasteiger partial charge on any atom is 0.240 e. The van der Waals surface area contributed by atoms with Crippen LogP contribution in [0.3, 0.4) is 0 Å². The monoisotopic (exact) mass is 329 g/mol. The maximum atomic E-state index is 13.1. The fourth-order valence-corrected chi connectivity index (χ4v) is 4.00. The molecular formula is C19H27N3O2. The highest BCUT2D eigenvalue weighted by Gasteiger charge is 2.37. The molecule has 0 aliphatic carbocycles. The zero-order valence-electron chi connectivity index (χ0n) is 14.6. The lowest BCUT2D eigenvalue weighted by atomic mass is 9.94. The number of nitrogens with two attached hydrogens (primary N) is 1. The van der Waals surface area contributed by atoms with Crippen molar-refractivity contribution in [2.75, 3.05) is 19.6 Å². The summed E-state index contributed by atoms with van der Waals surface area (Å²) in [6.45, 7) is 7.04. The van der Waals surface area contributed by atoms with Gasteiger partial charge in [0.05, 0.1) is 12.0 Å². The number of carbonyl (C=O) groups excluding carboxylic acids is 2. The van der Waals surface area contributed by atoms with Gasteiger partial charge in [0.25, 0.3) is 0 Å². The summed E-state index contributed by atoms with van der Waals surface area (Å²) in [5, 5.41) is 0. The molecule has 0 unspecified atom stereocenters. The van der Waals surface area contributed by atoms with Crippen molar-refractivity contribution >= 4 is 11.8 Å². The largest absolute Gasteiger partial charge is 0.369 e. The number of hydrogen-bond donors (Lipinski definition) is 1. The molecule has 1 aromatic carbocycles. The summed E-state index contributed by atoms with van der Waals surface area (Å²) in [4.78, 5) is 28.6. The van der Waals surface area contributed by atoms with E-state index in [4.69, 9.17) is 5.73 Å². The predicted octanol–water partition coefficient (Wildman–Crippen LogP) is 1.40. The van der Waals surface area contributed by atoms with Gasteiger partial charge in [0, 0.05) is 26.2 Å². The van der Waals surface area contributed by atoms with Crippen LogP contribution >= 0.6 is 0 Å². The summed E-state index contributed by atoms with van der Waals surface area (Å²) in [7, 11) is 0. The minimum absolute atomic E-state index is 0.134. The molecule has 2 aliphatic heterocycles. The van der Waals surface area contributed by atoms with Gasteiger partial charge in [0.1, 0.15) is 0 Å². The minimum atomic E-state index is -0.293. The molecule has 2 heterocycles. The standard InChI is InChI=1S/C19H27N3O2/c1-13(2)17(19(24)22-10-8-16(12-22)18(20)23)21-9-7-14-5-3-4-6-15(14)11-21/h3-6,13,16-17H,7-12H2,1-2H3,(H2,20,23)/t16-,17-/m0/s1. The number of rotatable bonds is 4. The van der Waals surface area contributed by atoms with Gasteiger partial charge in [-0.25, -0.2) is 0 Å². The van der Waals surface area contributed by atoms with Crippen LogP contribution in [0.25, 0.3) is 0 Å². The fourth-order valence-electron chi connectivity index (χ4n) is 4.00. The summed E-state index contributed by atoms with van der Waals surface area (Å²) >= 11 is 0. The second kappa shape index (κ2) is 6.93. The summed E-state index contributed by atoms with van der Waals surface area (Å²) in [6, 6.07) is 8.34. The third kappa shape index (κ3) is 3.31. The van der Waals surface area contributed by atoms with Crippen molar-refractivity contribution < 1.29 is 9.59 Å². The highest BCUT2D eigenvalue weighted by atomic mass is 16.2. The zero-order chi connectivity index (χ0) is 17.3. The molecule has 2 atom stereocenters. The van der Waals surface area contributed by atoms with Gasteiger partial charge >= 0.3 is 0 Å². The molecule has 0 spiro atoms. The smallest absolute Gasteiger partial charge is 0.240 e. The van der Waals surface area contributed by atoms with Gasteiger partial charge < -0.3 is 10.6 Å². The second-order valence-electron chi connectivity index (χ2n) is 7.35. The Kier molecular flexibility index (Phi) is 4.90. The average Bonchev–Trinajstić information content (AvgIpc) is 3.05. The molecule has 5 heteroatoms. The Morgan fingerprint density at radius 1 is 1.17 bits per heavy atom. The molecule has 24 heavy (non-hydrogen) atoms. The Bertz CT molecular complexity index is 629. The molecule has 1 fully saturated rings. The first-order valence-electron chi connectivity index (χ1n) is 8.86. The van der Waals surface area contributed by atoms with E-state index >= 15 is 0 Å². The fraction of sp³-hybridized carbons (Fsp3) is 0.579. The molecule has 2 aliphatic rings. The number of carbonyl (C=O) groups is 2. The minimum Gasteiger partial charge on any atom is -0.369 e. The second-order valence-corrected chi connectivity index (χ2v) is 7.35. The number of nitrogens with zero attached hydrogens (tertiary/aromatic N) is 2. The van der Waals surface area contributed by atoms with Crippen molar-refractivity contribution in [3.8, 4) is 0 Å². The summed E-state index contributed by atoms with van der Waals surface area (Å²) in [6.07, 6.45) is 1.67. The molecule has 1 aromatic rings. The Hall–Kier alpha value is -1.88. The Labute approximate surface area is 143 Å². The molecule has 2 amide bonds. The SMILES string of the molecule is CC(C)[C@@H](C(=O)N1CC[C@H](C(N)=O)C1)N1CCc2ccccc2C1. The van der Waals surface area contributed by atoms with E-state index in [0.29, 0.717) is 19.5 Å². The lowest BCUT2D eigenvalue weighted by Crippen LogP contribution is -2.52. The van der Waals surface area contributed by atoms with Crippen molar-refractivity contribution in [3.63, 3.8) is 0 Å².